The Kier molecular flexibility index (Phi) is 5.94. The molecule has 0 aromatic heterocycles. The highest BCUT2D eigenvalue weighted by Crippen LogP contribution is 2.05. The van der Waals surface area contributed by atoms with Gasteiger partial charge >= 0.3 is 12.0 Å². The minimum atomic E-state index is -1.25. The molecule has 0 aromatic carbocycles. The summed E-state index contributed by atoms with van der Waals surface area (Å²) in [4.78, 5) is 48.3. The predicted octanol–water partition coefficient (Wildman–Crippen LogP) is -1.42. The summed E-state index contributed by atoms with van der Waals surface area (Å²) in [6, 6.07) is -1.84. The Bertz CT molecular complexity index is 439. The van der Waals surface area contributed by atoms with Crippen molar-refractivity contribution < 1.29 is 24.3 Å². The van der Waals surface area contributed by atoms with Crippen LogP contribution in [0.1, 0.15) is 19.3 Å². The molecule has 0 aliphatic carbocycles. The van der Waals surface area contributed by atoms with E-state index in [0.717, 1.165) is 0 Å². The lowest BCUT2D eigenvalue weighted by Crippen LogP contribution is -2.49. The third-order valence-corrected chi connectivity index (χ3v) is 3.24. The number of hydrogen-bond donors (Lipinski definition) is 3. The van der Waals surface area contributed by atoms with E-state index in [9.17, 15) is 19.2 Å². The Labute approximate surface area is 122 Å². The molecule has 0 spiro atoms. The molecule has 9 heteroatoms. The summed E-state index contributed by atoms with van der Waals surface area (Å²) in [7, 11) is 1.65. The summed E-state index contributed by atoms with van der Waals surface area (Å²) in [6.07, 6.45) is 0.395. The molecule has 0 bridgehead atoms. The van der Waals surface area contributed by atoms with Crippen molar-refractivity contribution in [1.29, 1.82) is 0 Å². The number of carboxylic acids is 1. The van der Waals surface area contributed by atoms with Crippen molar-refractivity contribution >= 4 is 23.8 Å². The topological polar surface area (TPSA) is 133 Å². The van der Waals surface area contributed by atoms with Crippen LogP contribution in [0.25, 0.3) is 0 Å². The molecule has 118 valence electrons. The molecule has 0 saturated carbocycles. The van der Waals surface area contributed by atoms with Crippen molar-refractivity contribution in [3.05, 3.63) is 0 Å². The number of hydrogen-bond acceptors (Lipinski definition) is 4. The van der Waals surface area contributed by atoms with E-state index < -0.39 is 23.9 Å². The summed E-state index contributed by atoms with van der Waals surface area (Å²) < 4.78 is 0. The number of carboxylic acid groups (broad SMARTS) is 1. The number of amides is 4. The van der Waals surface area contributed by atoms with Gasteiger partial charge in [0.05, 0.1) is 0 Å². The monoisotopic (exact) mass is 300 g/mol. The van der Waals surface area contributed by atoms with Crippen molar-refractivity contribution in [3.63, 3.8) is 0 Å². The Hall–Kier alpha value is -2.32. The molecule has 1 rings (SSSR count). The van der Waals surface area contributed by atoms with Crippen LogP contribution in [0.15, 0.2) is 0 Å². The summed E-state index contributed by atoms with van der Waals surface area (Å²) >= 11 is 0. The number of rotatable bonds is 5. The second-order valence-electron chi connectivity index (χ2n) is 4.94. The van der Waals surface area contributed by atoms with Crippen LogP contribution in [0.2, 0.25) is 0 Å². The lowest BCUT2D eigenvalue weighted by atomic mass is 10.1. The zero-order valence-electron chi connectivity index (χ0n) is 11.9. The summed E-state index contributed by atoms with van der Waals surface area (Å²) in [5.74, 6) is -2.09. The van der Waals surface area contributed by atoms with Gasteiger partial charge in [0.1, 0.15) is 12.6 Å². The van der Waals surface area contributed by atoms with Gasteiger partial charge in [-0.1, -0.05) is 0 Å². The minimum Gasteiger partial charge on any atom is -0.480 e. The zero-order chi connectivity index (χ0) is 16.0. The van der Waals surface area contributed by atoms with E-state index in [0.29, 0.717) is 19.5 Å². The van der Waals surface area contributed by atoms with Gasteiger partial charge in [-0.05, 0) is 12.8 Å². The molecule has 1 atom stereocenters. The van der Waals surface area contributed by atoms with Crippen LogP contribution in [0, 0.1) is 0 Å². The van der Waals surface area contributed by atoms with E-state index in [1.54, 1.807) is 7.05 Å². The quantitative estimate of drug-likeness (QED) is 0.573. The van der Waals surface area contributed by atoms with Crippen LogP contribution >= 0.6 is 0 Å². The number of carbonyl (C=O) groups is 4. The Morgan fingerprint density at radius 2 is 2.05 bits per heavy atom. The van der Waals surface area contributed by atoms with Crippen LogP contribution in [0.4, 0.5) is 4.79 Å². The molecule has 0 unspecified atom stereocenters. The lowest BCUT2D eigenvalue weighted by molar-refractivity contribution is -0.139. The largest absolute Gasteiger partial charge is 0.480 e. The molecule has 0 aromatic rings. The van der Waals surface area contributed by atoms with E-state index >= 15 is 0 Å². The van der Waals surface area contributed by atoms with Gasteiger partial charge in [-0.2, -0.15) is 0 Å². The Balaban J connectivity index is 2.61. The van der Waals surface area contributed by atoms with Crippen molar-refractivity contribution in [1.82, 2.24) is 15.1 Å². The highest BCUT2D eigenvalue weighted by atomic mass is 16.4. The van der Waals surface area contributed by atoms with Crippen molar-refractivity contribution in [2.24, 2.45) is 5.73 Å². The fraction of sp³-hybridized carbons (Fsp3) is 0.667. The SMILES string of the molecule is CN1CCCN(C(=O)N[C@H](CCC(N)=O)C(=O)O)CC1=O. The average Bonchev–Trinajstić information content (AvgIpc) is 2.56. The number of nitrogens with one attached hydrogen (secondary N) is 1. The van der Waals surface area contributed by atoms with Crippen molar-refractivity contribution in [2.75, 3.05) is 26.7 Å². The first-order chi connectivity index (χ1) is 9.81. The van der Waals surface area contributed by atoms with Crippen LogP contribution in [0.3, 0.4) is 0 Å². The number of urea groups is 1. The van der Waals surface area contributed by atoms with Gasteiger partial charge in [0.25, 0.3) is 0 Å². The van der Waals surface area contributed by atoms with E-state index in [4.69, 9.17) is 10.8 Å². The number of nitrogens with two attached hydrogens (primary N) is 1. The number of carbonyl (C=O) groups excluding carboxylic acids is 3. The number of nitrogens with zero attached hydrogens (tertiary/aromatic N) is 2. The fourth-order valence-corrected chi connectivity index (χ4v) is 1.94. The second-order valence-corrected chi connectivity index (χ2v) is 4.94. The van der Waals surface area contributed by atoms with Crippen molar-refractivity contribution in [2.45, 2.75) is 25.3 Å². The van der Waals surface area contributed by atoms with Crippen molar-refractivity contribution in [3.8, 4) is 0 Å². The molecule has 1 aliphatic rings. The normalized spacial score (nSPS) is 17.1. The molecule has 0 radical (unpaired) electrons. The maximum Gasteiger partial charge on any atom is 0.326 e. The van der Waals surface area contributed by atoms with Gasteiger partial charge in [0.15, 0.2) is 0 Å². The molecule has 1 fully saturated rings. The molecule has 4 amide bonds. The number of aliphatic carboxylic acids is 1. The molecule has 4 N–H and O–H groups in total. The standard InChI is InChI=1S/C12H20N4O5/c1-15-5-2-6-16(7-10(15)18)12(21)14-8(11(19)20)3-4-9(13)17/h8H,2-7H2,1H3,(H2,13,17)(H,14,21)(H,19,20)/t8-/m1/s1. The molecule has 1 heterocycles. The maximum atomic E-state index is 12.0. The third kappa shape index (κ3) is 5.28. The first-order valence-corrected chi connectivity index (χ1v) is 6.61. The van der Waals surface area contributed by atoms with Crippen LogP contribution in [-0.2, 0) is 14.4 Å². The Morgan fingerprint density at radius 3 is 2.62 bits per heavy atom. The number of likely N-dealkylation sites (N-methyl/N-ethyl adjacent to an activating group) is 1. The van der Waals surface area contributed by atoms with Crippen LogP contribution in [0.5, 0.6) is 0 Å². The van der Waals surface area contributed by atoms with E-state index in [2.05, 4.69) is 5.32 Å². The van der Waals surface area contributed by atoms with Gasteiger partial charge in [0.2, 0.25) is 11.8 Å². The van der Waals surface area contributed by atoms with Crippen LogP contribution < -0.4 is 11.1 Å². The Morgan fingerprint density at radius 1 is 1.38 bits per heavy atom. The molecule has 1 aliphatic heterocycles. The van der Waals surface area contributed by atoms with Gasteiger partial charge < -0.3 is 26.0 Å². The highest BCUT2D eigenvalue weighted by molar-refractivity contribution is 5.87. The molecule has 21 heavy (non-hydrogen) atoms. The van der Waals surface area contributed by atoms with Gasteiger partial charge in [-0.25, -0.2) is 9.59 Å². The maximum absolute atomic E-state index is 12.0. The van der Waals surface area contributed by atoms with Gasteiger partial charge in [-0.15, -0.1) is 0 Å². The highest BCUT2D eigenvalue weighted by Gasteiger charge is 2.27. The smallest absolute Gasteiger partial charge is 0.326 e. The molecular formula is C12H20N4O5. The van der Waals surface area contributed by atoms with Gasteiger partial charge in [0, 0.05) is 26.6 Å². The zero-order valence-corrected chi connectivity index (χ0v) is 11.9. The number of primary amides is 1. The van der Waals surface area contributed by atoms with E-state index in [-0.39, 0.29) is 25.3 Å². The molecule has 1 saturated heterocycles. The average molecular weight is 300 g/mol. The fourth-order valence-electron chi connectivity index (χ4n) is 1.94. The van der Waals surface area contributed by atoms with E-state index in [1.165, 1.54) is 9.80 Å². The summed E-state index contributed by atoms with van der Waals surface area (Å²) in [5.41, 5.74) is 4.96. The van der Waals surface area contributed by atoms with Crippen LogP contribution in [-0.4, -0.2) is 71.4 Å². The minimum absolute atomic E-state index is 0.0852. The lowest BCUT2D eigenvalue weighted by Gasteiger charge is -2.23. The van der Waals surface area contributed by atoms with Gasteiger partial charge in [-0.3, -0.25) is 9.59 Å². The first kappa shape index (κ1) is 16.7. The second kappa shape index (κ2) is 7.46. The summed E-state index contributed by atoms with van der Waals surface area (Å²) in [6.45, 7) is 0.821. The first-order valence-electron chi connectivity index (χ1n) is 6.61. The predicted molar refractivity (Wildman–Crippen MR) is 72.2 cm³/mol. The molecule has 9 nitrogen and oxygen atoms in total. The summed E-state index contributed by atoms with van der Waals surface area (Å²) in [5, 5.41) is 11.3. The van der Waals surface area contributed by atoms with E-state index in [1.807, 2.05) is 0 Å². The molecular weight excluding hydrogens is 280 g/mol. The third-order valence-electron chi connectivity index (χ3n) is 3.24.